The second-order valence-electron chi connectivity index (χ2n) is 14.4. The summed E-state index contributed by atoms with van der Waals surface area (Å²) in [5.74, 6) is 0.697. The maximum atomic E-state index is 5.39. The van der Waals surface area contributed by atoms with Crippen molar-refractivity contribution in [3.63, 3.8) is 0 Å². The summed E-state index contributed by atoms with van der Waals surface area (Å²) in [6, 6.07) is 67.3. The molecule has 56 heavy (non-hydrogen) atoms. The summed E-state index contributed by atoms with van der Waals surface area (Å²) >= 11 is 0. The second-order valence-corrected chi connectivity index (χ2v) is 14.4. The van der Waals surface area contributed by atoms with Crippen molar-refractivity contribution in [3.05, 3.63) is 200 Å². The van der Waals surface area contributed by atoms with Gasteiger partial charge in [-0.25, -0.2) is 9.97 Å². The number of fused-ring (bicyclic) bond motifs is 9. The first-order valence-electron chi connectivity index (χ1n) is 19.0. The molecule has 11 rings (SSSR count). The Morgan fingerprint density at radius 3 is 1.45 bits per heavy atom. The predicted molar refractivity (Wildman–Crippen MR) is 235 cm³/mol. The molecule has 11 aromatic rings. The standard InChI is InChI=1S/C53H33N3/c1-2-11-39-30-40(28-23-34(39)10-1)35-19-24-37(25-20-35)50-32-51(38-26-21-36(22-27-38)41-12-9-29-54-33-41)56-53(55-50)49-31-48-44-15-4-3-13-42(44)43-14-5-7-17-46(43)52(48)47-18-8-6-16-45(47)49/h1-33H. The SMILES string of the molecule is c1cncc(-c2ccc(-c3cc(-c4ccc(-c5ccc6ccccc6c5)cc4)nc(-c4cc5c6ccccc6c6ccccc6c5c5ccccc45)n3)cc2)c1. The topological polar surface area (TPSA) is 38.7 Å². The highest BCUT2D eigenvalue weighted by Crippen LogP contribution is 2.43. The minimum absolute atomic E-state index is 0.697. The lowest BCUT2D eigenvalue weighted by molar-refractivity contribution is 1.19. The Balaban J connectivity index is 1.12. The lowest BCUT2D eigenvalue weighted by Gasteiger charge is -2.16. The van der Waals surface area contributed by atoms with Crippen molar-refractivity contribution in [3.8, 4) is 56.2 Å². The summed E-state index contributed by atoms with van der Waals surface area (Å²) in [4.78, 5) is 15.1. The molecule has 0 atom stereocenters. The van der Waals surface area contributed by atoms with Crippen molar-refractivity contribution in [2.75, 3.05) is 0 Å². The summed E-state index contributed by atoms with van der Waals surface area (Å²) in [5.41, 5.74) is 9.36. The first-order valence-corrected chi connectivity index (χ1v) is 19.0. The number of rotatable bonds is 5. The molecule has 260 valence electrons. The highest BCUT2D eigenvalue weighted by atomic mass is 14.9. The third-order valence-electron chi connectivity index (χ3n) is 11.2. The van der Waals surface area contributed by atoms with Crippen LogP contribution in [-0.2, 0) is 0 Å². The quantitative estimate of drug-likeness (QED) is 0.167. The van der Waals surface area contributed by atoms with E-state index in [2.05, 4.69) is 187 Å². The van der Waals surface area contributed by atoms with E-state index in [0.717, 1.165) is 44.6 Å². The maximum absolute atomic E-state index is 5.39. The Morgan fingerprint density at radius 2 is 0.804 bits per heavy atom. The fourth-order valence-corrected chi connectivity index (χ4v) is 8.38. The van der Waals surface area contributed by atoms with Crippen LogP contribution in [0.15, 0.2) is 200 Å². The minimum atomic E-state index is 0.697. The van der Waals surface area contributed by atoms with Crippen LogP contribution in [-0.4, -0.2) is 15.0 Å². The number of benzene rings is 9. The summed E-state index contributed by atoms with van der Waals surface area (Å²) in [5, 5.41) is 12.2. The molecule has 2 heterocycles. The van der Waals surface area contributed by atoms with Gasteiger partial charge in [-0.1, -0.05) is 164 Å². The van der Waals surface area contributed by atoms with Gasteiger partial charge in [0.25, 0.3) is 0 Å². The van der Waals surface area contributed by atoms with Crippen molar-refractivity contribution in [2.24, 2.45) is 0 Å². The highest BCUT2D eigenvalue weighted by Gasteiger charge is 2.18. The number of nitrogens with zero attached hydrogens (tertiary/aromatic N) is 3. The third-order valence-corrected chi connectivity index (χ3v) is 11.2. The van der Waals surface area contributed by atoms with Crippen LogP contribution in [0.1, 0.15) is 0 Å². The van der Waals surface area contributed by atoms with E-state index in [1.165, 1.54) is 59.6 Å². The molecular weight excluding hydrogens is 679 g/mol. The van der Waals surface area contributed by atoms with Gasteiger partial charge in [0.1, 0.15) is 0 Å². The Morgan fingerprint density at radius 1 is 0.304 bits per heavy atom. The molecule has 0 aliphatic carbocycles. The average molecular weight is 712 g/mol. The molecule has 0 unspecified atom stereocenters. The van der Waals surface area contributed by atoms with Gasteiger partial charge in [-0.3, -0.25) is 4.98 Å². The lowest BCUT2D eigenvalue weighted by Crippen LogP contribution is -1.97. The van der Waals surface area contributed by atoms with Gasteiger partial charge in [0, 0.05) is 29.1 Å². The van der Waals surface area contributed by atoms with Crippen molar-refractivity contribution >= 4 is 53.9 Å². The van der Waals surface area contributed by atoms with E-state index in [1.807, 2.05) is 12.3 Å². The van der Waals surface area contributed by atoms with Crippen molar-refractivity contribution in [2.45, 2.75) is 0 Å². The second kappa shape index (κ2) is 13.1. The van der Waals surface area contributed by atoms with Crippen LogP contribution in [0.2, 0.25) is 0 Å². The van der Waals surface area contributed by atoms with Gasteiger partial charge in [-0.15, -0.1) is 0 Å². The lowest BCUT2D eigenvalue weighted by atomic mass is 9.89. The van der Waals surface area contributed by atoms with Crippen molar-refractivity contribution in [1.82, 2.24) is 15.0 Å². The maximum Gasteiger partial charge on any atom is 0.161 e. The molecule has 3 heteroatoms. The zero-order valence-electron chi connectivity index (χ0n) is 30.4. The van der Waals surface area contributed by atoms with E-state index >= 15 is 0 Å². The zero-order valence-corrected chi connectivity index (χ0v) is 30.4. The first-order chi connectivity index (χ1) is 27.7. The summed E-state index contributed by atoms with van der Waals surface area (Å²) in [7, 11) is 0. The van der Waals surface area contributed by atoms with Crippen LogP contribution in [0.25, 0.3) is 110 Å². The zero-order chi connectivity index (χ0) is 37.0. The molecule has 9 aromatic carbocycles. The predicted octanol–water partition coefficient (Wildman–Crippen LogP) is 14.0. The number of aromatic nitrogens is 3. The van der Waals surface area contributed by atoms with Crippen LogP contribution in [0.5, 0.6) is 0 Å². The molecule has 2 aromatic heterocycles. The minimum Gasteiger partial charge on any atom is -0.264 e. The fourth-order valence-electron chi connectivity index (χ4n) is 8.38. The Kier molecular flexibility index (Phi) is 7.49. The fraction of sp³-hybridized carbons (Fsp3) is 0. The van der Waals surface area contributed by atoms with Crippen LogP contribution in [0, 0.1) is 0 Å². The summed E-state index contributed by atoms with van der Waals surface area (Å²) < 4.78 is 0. The van der Waals surface area contributed by atoms with E-state index in [4.69, 9.17) is 9.97 Å². The van der Waals surface area contributed by atoms with Gasteiger partial charge in [-0.2, -0.15) is 0 Å². The number of hydrogen-bond donors (Lipinski definition) is 0. The summed E-state index contributed by atoms with van der Waals surface area (Å²) in [6.07, 6.45) is 3.70. The largest absolute Gasteiger partial charge is 0.264 e. The monoisotopic (exact) mass is 711 g/mol. The average Bonchev–Trinajstić information content (AvgIpc) is 3.28. The Bertz CT molecular complexity index is 3280. The molecule has 0 aliphatic heterocycles. The first kappa shape index (κ1) is 32.0. The van der Waals surface area contributed by atoms with E-state index in [0.29, 0.717) is 5.82 Å². The van der Waals surface area contributed by atoms with Crippen LogP contribution in [0.3, 0.4) is 0 Å². The van der Waals surface area contributed by atoms with Gasteiger partial charge in [0.05, 0.1) is 11.4 Å². The van der Waals surface area contributed by atoms with Gasteiger partial charge in [-0.05, 0) is 100 Å². The molecule has 3 nitrogen and oxygen atoms in total. The molecule has 0 amide bonds. The van der Waals surface area contributed by atoms with Gasteiger partial charge in [0.15, 0.2) is 5.82 Å². The molecule has 0 radical (unpaired) electrons. The van der Waals surface area contributed by atoms with Crippen molar-refractivity contribution in [1.29, 1.82) is 0 Å². The van der Waals surface area contributed by atoms with E-state index < -0.39 is 0 Å². The Labute approximate surface area is 324 Å². The number of pyridine rings is 1. The molecule has 0 bridgehead atoms. The van der Waals surface area contributed by atoms with Crippen molar-refractivity contribution < 1.29 is 0 Å². The van der Waals surface area contributed by atoms with Gasteiger partial charge < -0.3 is 0 Å². The van der Waals surface area contributed by atoms with E-state index in [9.17, 15) is 0 Å². The number of hydrogen-bond acceptors (Lipinski definition) is 3. The van der Waals surface area contributed by atoms with E-state index in [1.54, 1.807) is 6.20 Å². The molecule has 0 spiro atoms. The van der Waals surface area contributed by atoms with E-state index in [-0.39, 0.29) is 0 Å². The highest BCUT2D eigenvalue weighted by molar-refractivity contribution is 6.32. The van der Waals surface area contributed by atoms with Gasteiger partial charge in [0.2, 0.25) is 0 Å². The van der Waals surface area contributed by atoms with Gasteiger partial charge >= 0.3 is 0 Å². The summed E-state index contributed by atoms with van der Waals surface area (Å²) in [6.45, 7) is 0. The molecule has 0 N–H and O–H groups in total. The van der Waals surface area contributed by atoms with Crippen LogP contribution < -0.4 is 0 Å². The molecule has 0 saturated heterocycles. The molecule has 0 fully saturated rings. The Hall–Kier alpha value is -7.49. The normalized spacial score (nSPS) is 11.6. The molecular formula is C53H33N3. The van der Waals surface area contributed by atoms with Crippen LogP contribution >= 0.6 is 0 Å². The molecule has 0 aliphatic rings. The smallest absolute Gasteiger partial charge is 0.161 e. The van der Waals surface area contributed by atoms with Crippen LogP contribution in [0.4, 0.5) is 0 Å². The molecule has 0 saturated carbocycles. The third kappa shape index (κ3) is 5.40.